The SMILES string of the molecule is CC1CCN(c2cccc(Br)c2/C(N)=N/O)C1CO. The Bertz CT molecular complexity index is 493. The number of benzene rings is 1. The number of halogens is 1. The van der Waals surface area contributed by atoms with Crippen LogP contribution < -0.4 is 10.6 Å². The molecule has 0 amide bonds. The summed E-state index contributed by atoms with van der Waals surface area (Å²) >= 11 is 3.43. The van der Waals surface area contributed by atoms with Gasteiger partial charge < -0.3 is 20.9 Å². The Morgan fingerprint density at radius 3 is 2.95 bits per heavy atom. The maximum atomic E-state index is 9.56. The predicted octanol–water partition coefficient (Wildman–Crippen LogP) is 1.75. The number of hydrogen-bond acceptors (Lipinski definition) is 4. The van der Waals surface area contributed by atoms with Crippen LogP contribution in [0.1, 0.15) is 18.9 Å². The van der Waals surface area contributed by atoms with E-state index >= 15 is 0 Å². The average molecular weight is 328 g/mol. The Morgan fingerprint density at radius 2 is 2.32 bits per heavy atom. The zero-order chi connectivity index (χ0) is 14.0. The van der Waals surface area contributed by atoms with E-state index in [2.05, 4.69) is 32.9 Å². The molecule has 1 aromatic rings. The molecule has 2 rings (SSSR count). The highest BCUT2D eigenvalue weighted by Gasteiger charge is 2.32. The van der Waals surface area contributed by atoms with E-state index < -0.39 is 0 Å². The highest BCUT2D eigenvalue weighted by Crippen LogP contribution is 2.34. The lowest BCUT2D eigenvalue weighted by molar-refractivity contribution is 0.244. The number of rotatable bonds is 3. The van der Waals surface area contributed by atoms with E-state index in [1.807, 2.05) is 18.2 Å². The van der Waals surface area contributed by atoms with Crippen LogP contribution in [-0.4, -0.2) is 35.3 Å². The van der Waals surface area contributed by atoms with E-state index in [-0.39, 0.29) is 18.5 Å². The molecule has 104 valence electrons. The first-order valence-corrected chi connectivity index (χ1v) is 7.03. The van der Waals surface area contributed by atoms with Crippen LogP contribution in [-0.2, 0) is 0 Å². The Balaban J connectivity index is 2.48. The van der Waals surface area contributed by atoms with Crippen LogP contribution in [0, 0.1) is 5.92 Å². The van der Waals surface area contributed by atoms with Crippen LogP contribution in [0.15, 0.2) is 27.8 Å². The third kappa shape index (κ3) is 2.55. The highest BCUT2D eigenvalue weighted by atomic mass is 79.9. The molecule has 1 saturated heterocycles. The third-order valence-electron chi connectivity index (χ3n) is 3.73. The van der Waals surface area contributed by atoms with Gasteiger partial charge in [-0.15, -0.1) is 0 Å². The van der Waals surface area contributed by atoms with Crippen molar-refractivity contribution in [1.82, 2.24) is 0 Å². The number of anilines is 1. The summed E-state index contributed by atoms with van der Waals surface area (Å²) in [5.41, 5.74) is 7.31. The zero-order valence-corrected chi connectivity index (χ0v) is 12.3. The van der Waals surface area contributed by atoms with E-state index in [9.17, 15) is 5.11 Å². The van der Waals surface area contributed by atoms with Crippen molar-refractivity contribution in [3.05, 3.63) is 28.2 Å². The molecule has 0 aliphatic carbocycles. The lowest BCUT2D eigenvalue weighted by atomic mass is 10.0. The Kier molecular flexibility index (Phi) is 4.31. The number of nitrogens with zero attached hydrogens (tertiary/aromatic N) is 2. The van der Waals surface area contributed by atoms with Crippen molar-refractivity contribution < 1.29 is 10.3 Å². The number of oxime groups is 1. The van der Waals surface area contributed by atoms with Gasteiger partial charge in [0.1, 0.15) is 0 Å². The summed E-state index contributed by atoms with van der Waals surface area (Å²) in [4.78, 5) is 2.13. The standard InChI is InChI=1S/C13H18BrN3O2/c1-8-5-6-17(11(8)7-18)10-4-2-3-9(14)12(10)13(15)16-19/h2-4,8,11,18-19H,5-7H2,1H3,(H2,15,16). The van der Waals surface area contributed by atoms with E-state index in [1.165, 1.54) is 0 Å². The summed E-state index contributed by atoms with van der Waals surface area (Å²) in [6.45, 7) is 3.08. The molecule has 0 saturated carbocycles. The molecule has 1 fully saturated rings. The quantitative estimate of drug-likeness (QED) is 0.342. The van der Waals surface area contributed by atoms with Crippen LogP contribution in [0.3, 0.4) is 0 Å². The maximum absolute atomic E-state index is 9.56. The lowest BCUT2D eigenvalue weighted by Gasteiger charge is -2.29. The number of aliphatic hydroxyl groups is 1. The number of aliphatic hydroxyl groups excluding tert-OH is 1. The fourth-order valence-electron chi connectivity index (χ4n) is 2.64. The minimum atomic E-state index is 0.0683. The summed E-state index contributed by atoms with van der Waals surface area (Å²) in [6.07, 6.45) is 1.02. The number of nitrogens with two attached hydrogens (primary N) is 1. The second-order valence-electron chi connectivity index (χ2n) is 4.83. The molecule has 0 radical (unpaired) electrons. The topological polar surface area (TPSA) is 82.1 Å². The molecule has 5 nitrogen and oxygen atoms in total. The largest absolute Gasteiger partial charge is 0.409 e. The van der Waals surface area contributed by atoms with Gasteiger partial charge in [-0.25, -0.2) is 0 Å². The molecule has 0 aromatic heterocycles. The van der Waals surface area contributed by atoms with Crippen molar-refractivity contribution in [3.63, 3.8) is 0 Å². The van der Waals surface area contributed by atoms with Gasteiger partial charge in [-0.05, 0) is 40.4 Å². The molecule has 0 bridgehead atoms. The Labute approximate surface area is 120 Å². The first kappa shape index (κ1) is 14.1. The molecule has 6 heteroatoms. The van der Waals surface area contributed by atoms with E-state index in [1.54, 1.807) is 0 Å². The second kappa shape index (κ2) is 5.79. The first-order chi connectivity index (χ1) is 9.10. The van der Waals surface area contributed by atoms with Crippen LogP contribution in [0.25, 0.3) is 0 Å². The van der Waals surface area contributed by atoms with Gasteiger partial charge in [0.25, 0.3) is 0 Å². The van der Waals surface area contributed by atoms with Crippen molar-refractivity contribution in [1.29, 1.82) is 0 Å². The molecule has 1 aliphatic rings. The molecule has 2 atom stereocenters. The van der Waals surface area contributed by atoms with Crippen LogP contribution in [0.4, 0.5) is 5.69 Å². The molecule has 2 unspecified atom stereocenters. The molecule has 1 heterocycles. The van der Waals surface area contributed by atoms with E-state index in [0.717, 1.165) is 23.1 Å². The summed E-state index contributed by atoms with van der Waals surface area (Å²) in [6, 6.07) is 5.76. The molecular weight excluding hydrogens is 310 g/mol. The van der Waals surface area contributed by atoms with Gasteiger partial charge >= 0.3 is 0 Å². The van der Waals surface area contributed by atoms with Gasteiger partial charge in [0, 0.05) is 16.7 Å². The van der Waals surface area contributed by atoms with Gasteiger partial charge in [0.15, 0.2) is 5.84 Å². The molecule has 19 heavy (non-hydrogen) atoms. The molecule has 0 spiro atoms. The lowest BCUT2D eigenvalue weighted by Crippen LogP contribution is -2.36. The first-order valence-electron chi connectivity index (χ1n) is 6.24. The fourth-order valence-corrected chi connectivity index (χ4v) is 3.20. The zero-order valence-electron chi connectivity index (χ0n) is 10.8. The summed E-state index contributed by atoms with van der Waals surface area (Å²) in [5.74, 6) is 0.489. The molecule has 1 aromatic carbocycles. The number of amidine groups is 1. The Morgan fingerprint density at radius 1 is 1.58 bits per heavy atom. The normalized spacial score (nSPS) is 23.9. The maximum Gasteiger partial charge on any atom is 0.173 e. The van der Waals surface area contributed by atoms with Gasteiger partial charge in [-0.1, -0.05) is 18.1 Å². The monoisotopic (exact) mass is 327 g/mol. The summed E-state index contributed by atoms with van der Waals surface area (Å²) in [7, 11) is 0. The minimum absolute atomic E-state index is 0.0683. The van der Waals surface area contributed by atoms with Crippen molar-refractivity contribution in [2.24, 2.45) is 16.8 Å². The van der Waals surface area contributed by atoms with Gasteiger partial charge in [-0.3, -0.25) is 0 Å². The van der Waals surface area contributed by atoms with Gasteiger partial charge in [0.05, 0.1) is 18.2 Å². The highest BCUT2D eigenvalue weighted by molar-refractivity contribution is 9.10. The molecule has 1 aliphatic heterocycles. The minimum Gasteiger partial charge on any atom is -0.409 e. The third-order valence-corrected chi connectivity index (χ3v) is 4.40. The van der Waals surface area contributed by atoms with Crippen molar-refractivity contribution in [2.75, 3.05) is 18.1 Å². The van der Waals surface area contributed by atoms with Crippen LogP contribution >= 0.6 is 15.9 Å². The smallest absolute Gasteiger partial charge is 0.173 e. The summed E-state index contributed by atoms with van der Waals surface area (Å²) < 4.78 is 0.775. The van der Waals surface area contributed by atoms with Gasteiger partial charge in [0.2, 0.25) is 0 Å². The fraction of sp³-hybridized carbons (Fsp3) is 0.462. The van der Waals surface area contributed by atoms with E-state index in [0.29, 0.717) is 11.5 Å². The van der Waals surface area contributed by atoms with Crippen molar-refractivity contribution in [3.8, 4) is 0 Å². The molecular formula is C13H18BrN3O2. The van der Waals surface area contributed by atoms with Gasteiger partial charge in [-0.2, -0.15) is 0 Å². The van der Waals surface area contributed by atoms with Crippen molar-refractivity contribution >= 4 is 27.5 Å². The van der Waals surface area contributed by atoms with Crippen LogP contribution in [0.5, 0.6) is 0 Å². The van der Waals surface area contributed by atoms with Crippen molar-refractivity contribution in [2.45, 2.75) is 19.4 Å². The number of hydrogen-bond donors (Lipinski definition) is 3. The van der Waals surface area contributed by atoms with Crippen LogP contribution in [0.2, 0.25) is 0 Å². The second-order valence-corrected chi connectivity index (χ2v) is 5.68. The van der Waals surface area contributed by atoms with E-state index in [4.69, 9.17) is 10.9 Å². The summed E-state index contributed by atoms with van der Waals surface area (Å²) in [5, 5.41) is 21.6. The average Bonchev–Trinajstić information content (AvgIpc) is 2.78. The Hall–Kier alpha value is -1.27. The molecule has 4 N–H and O–H groups in total. The predicted molar refractivity (Wildman–Crippen MR) is 78.7 cm³/mol.